The van der Waals surface area contributed by atoms with Gasteiger partial charge in [-0.25, -0.2) is 0 Å². The largest absolute Gasteiger partial charge is 0.481 e. The Morgan fingerprint density at radius 3 is 3.00 bits per heavy atom. The van der Waals surface area contributed by atoms with Crippen molar-refractivity contribution in [2.45, 2.75) is 19.3 Å². The van der Waals surface area contributed by atoms with Crippen LogP contribution in [0.4, 0.5) is 0 Å². The number of likely N-dealkylation sites (tertiary alicyclic amines) is 1. The fraction of sp³-hybridized carbons (Fsp3) is 0.889. The van der Waals surface area contributed by atoms with Crippen LogP contribution in [0, 0.1) is 5.92 Å². The number of carboxylic acid groups (broad SMARTS) is 1. The number of alkyl halides is 1. The molecular formula is C9H16ClNO2. The van der Waals surface area contributed by atoms with Gasteiger partial charge in [0, 0.05) is 12.4 Å². The molecule has 1 fully saturated rings. The topological polar surface area (TPSA) is 40.5 Å². The van der Waals surface area contributed by atoms with Crippen molar-refractivity contribution in [3.63, 3.8) is 0 Å². The first-order chi connectivity index (χ1) is 6.24. The molecule has 1 rings (SSSR count). The second kappa shape index (κ2) is 5.45. The van der Waals surface area contributed by atoms with Gasteiger partial charge >= 0.3 is 5.97 Å². The van der Waals surface area contributed by atoms with E-state index in [0.717, 1.165) is 32.4 Å². The molecule has 0 spiro atoms. The van der Waals surface area contributed by atoms with E-state index in [-0.39, 0.29) is 5.92 Å². The standard InChI is InChI=1S/C9H16ClNO2/c10-4-2-6-11-5-1-3-8(7-11)9(12)13/h8H,1-7H2,(H,12,13). The molecule has 1 unspecified atom stereocenters. The van der Waals surface area contributed by atoms with Gasteiger partial charge in [0.2, 0.25) is 0 Å². The van der Waals surface area contributed by atoms with Gasteiger partial charge in [-0.15, -0.1) is 11.6 Å². The van der Waals surface area contributed by atoms with Crippen LogP contribution in [0.25, 0.3) is 0 Å². The van der Waals surface area contributed by atoms with E-state index in [0.29, 0.717) is 12.4 Å². The van der Waals surface area contributed by atoms with Crippen molar-refractivity contribution >= 4 is 17.6 Å². The number of aliphatic carboxylic acids is 1. The molecule has 0 radical (unpaired) electrons. The van der Waals surface area contributed by atoms with Crippen LogP contribution >= 0.6 is 11.6 Å². The third kappa shape index (κ3) is 3.53. The Balaban J connectivity index is 2.29. The van der Waals surface area contributed by atoms with Gasteiger partial charge in [0.15, 0.2) is 0 Å². The third-order valence-electron chi connectivity index (χ3n) is 2.46. The van der Waals surface area contributed by atoms with Gasteiger partial charge in [0.05, 0.1) is 5.92 Å². The lowest BCUT2D eigenvalue weighted by Gasteiger charge is -2.30. The van der Waals surface area contributed by atoms with Gasteiger partial charge in [-0.3, -0.25) is 4.79 Å². The van der Waals surface area contributed by atoms with E-state index in [1.807, 2.05) is 0 Å². The summed E-state index contributed by atoms with van der Waals surface area (Å²) in [5.41, 5.74) is 0. The molecule has 0 bridgehead atoms. The van der Waals surface area contributed by atoms with E-state index in [1.54, 1.807) is 0 Å². The number of halogens is 1. The second-order valence-electron chi connectivity index (χ2n) is 3.52. The molecule has 13 heavy (non-hydrogen) atoms. The minimum Gasteiger partial charge on any atom is -0.481 e. The number of nitrogens with zero attached hydrogens (tertiary/aromatic N) is 1. The van der Waals surface area contributed by atoms with Crippen LogP contribution in [0.3, 0.4) is 0 Å². The highest BCUT2D eigenvalue weighted by molar-refractivity contribution is 6.17. The molecule has 1 heterocycles. The lowest BCUT2D eigenvalue weighted by atomic mass is 9.98. The molecule has 1 aliphatic rings. The van der Waals surface area contributed by atoms with Gasteiger partial charge in [-0.2, -0.15) is 0 Å². The smallest absolute Gasteiger partial charge is 0.307 e. The molecular weight excluding hydrogens is 190 g/mol. The number of piperidine rings is 1. The monoisotopic (exact) mass is 205 g/mol. The van der Waals surface area contributed by atoms with Crippen LogP contribution in [0.15, 0.2) is 0 Å². The van der Waals surface area contributed by atoms with Crippen molar-refractivity contribution < 1.29 is 9.90 Å². The van der Waals surface area contributed by atoms with E-state index in [9.17, 15) is 4.79 Å². The Hall–Kier alpha value is -0.280. The van der Waals surface area contributed by atoms with E-state index < -0.39 is 5.97 Å². The summed E-state index contributed by atoms with van der Waals surface area (Å²) in [6.07, 6.45) is 2.78. The van der Waals surface area contributed by atoms with Gasteiger partial charge < -0.3 is 10.0 Å². The fourth-order valence-corrected chi connectivity index (χ4v) is 1.86. The number of carboxylic acids is 1. The summed E-state index contributed by atoms with van der Waals surface area (Å²) < 4.78 is 0. The maximum atomic E-state index is 10.7. The quantitative estimate of drug-likeness (QED) is 0.706. The minimum absolute atomic E-state index is 0.163. The van der Waals surface area contributed by atoms with E-state index in [1.165, 1.54) is 0 Å². The summed E-state index contributed by atoms with van der Waals surface area (Å²) in [4.78, 5) is 12.9. The summed E-state index contributed by atoms with van der Waals surface area (Å²) in [6.45, 7) is 2.67. The minimum atomic E-state index is -0.657. The molecule has 76 valence electrons. The summed E-state index contributed by atoms with van der Waals surface area (Å²) in [5.74, 6) is -0.159. The van der Waals surface area contributed by atoms with Crippen molar-refractivity contribution in [1.82, 2.24) is 4.90 Å². The van der Waals surface area contributed by atoms with Crippen LogP contribution in [0.1, 0.15) is 19.3 Å². The Morgan fingerprint density at radius 1 is 1.62 bits per heavy atom. The first-order valence-corrected chi connectivity index (χ1v) is 5.28. The van der Waals surface area contributed by atoms with Crippen molar-refractivity contribution in [3.05, 3.63) is 0 Å². The summed E-state index contributed by atoms with van der Waals surface area (Å²) in [7, 11) is 0. The molecule has 1 atom stereocenters. The Morgan fingerprint density at radius 2 is 2.38 bits per heavy atom. The van der Waals surface area contributed by atoms with Crippen LogP contribution in [0.5, 0.6) is 0 Å². The molecule has 0 amide bonds. The molecule has 0 aromatic rings. The Labute approximate surface area is 83.7 Å². The summed E-state index contributed by atoms with van der Waals surface area (Å²) >= 11 is 5.58. The highest BCUT2D eigenvalue weighted by Gasteiger charge is 2.24. The first kappa shape index (κ1) is 10.8. The first-order valence-electron chi connectivity index (χ1n) is 4.75. The van der Waals surface area contributed by atoms with Crippen LogP contribution < -0.4 is 0 Å². The SMILES string of the molecule is O=C(O)C1CCCN(CCCCl)C1. The van der Waals surface area contributed by atoms with E-state index in [4.69, 9.17) is 16.7 Å². The average molecular weight is 206 g/mol. The molecule has 0 aliphatic carbocycles. The van der Waals surface area contributed by atoms with Crippen molar-refractivity contribution in [3.8, 4) is 0 Å². The average Bonchev–Trinajstić information content (AvgIpc) is 2.15. The highest BCUT2D eigenvalue weighted by atomic mass is 35.5. The molecule has 4 heteroatoms. The molecule has 0 saturated carbocycles. The maximum Gasteiger partial charge on any atom is 0.307 e. The number of hydrogen-bond donors (Lipinski definition) is 1. The zero-order valence-corrected chi connectivity index (χ0v) is 8.46. The van der Waals surface area contributed by atoms with Crippen molar-refractivity contribution in [1.29, 1.82) is 0 Å². The van der Waals surface area contributed by atoms with E-state index in [2.05, 4.69) is 4.90 Å². The number of hydrogen-bond acceptors (Lipinski definition) is 2. The zero-order valence-electron chi connectivity index (χ0n) is 7.71. The lowest BCUT2D eigenvalue weighted by molar-refractivity contribution is -0.143. The third-order valence-corrected chi connectivity index (χ3v) is 2.73. The maximum absolute atomic E-state index is 10.7. The predicted molar refractivity (Wildman–Crippen MR) is 52.1 cm³/mol. The Bertz CT molecular complexity index is 175. The fourth-order valence-electron chi connectivity index (χ4n) is 1.74. The zero-order chi connectivity index (χ0) is 9.68. The van der Waals surface area contributed by atoms with Crippen molar-refractivity contribution in [2.75, 3.05) is 25.5 Å². The van der Waals surface area contributed by atoms with Gasteiger partial charge in [0.1, 0.15) is 0 Å². The van der Waals surface area contributed by atoms with Crippen LogP contribution in [0.2, 0.25) is 0 Å². The molecule has 1 N–H and O–H groups in total. The normalized spacial score (nSPS) is 24.5. The van der Waals surface area contributed by atoms with Crippen molar-refractivity contribution in [2.24, 2.45) is 5.92 Å². The lowest BCUT2D eigenvalue weighted by Crippen LogP contribution is -2.39. The molecule has 1 saturated heterocycles. The second-order valence-corrected chi connectivity index (χ2v) is 3.90. The van der Waals surface area contributed by atoms with Gasteiger partial charge in [-0.1, -0.05) is 0 Å². The predicted octanol–water partition coefficient (Wildman–Crippen LogP) is 1.41. The highest BCUT2D eigenvalue weighted by Crippen LogP contribution is 2.16. The Kier molecular flexibility index (Phi) is 4.53. The summed E-state index contributed by atoms with van der Waals surface area (Å²) in [6, 6.07) is 0. The summed E-state index contributed by atoms with van der Waals surface area (Å²) in [5, 5.41) is 8.83. The van der Waals surface area contributed by atoms with Crippen LogP contribution in [-0.4, -0.2) is 41.5 Å². The molecule has 0 aromatic heterocycles. The van der Waals surface area contributed by atoms with Gasteiger partial charge in [0.25, 0.3) is 0 Å². The molecule has 1 aliphatic heterocycles. The van der Waals surface area contributed by atoms with Gasteiger partial charge in [-0.05, 0) is 32.4 Å². The molecule has 0 aromatic carbocycles. The van der Waals surface area contributed by atoms with E-state index >= 15 is 0 Å². The number of carbonyl (C=O) groups is 1. The number of rotatable bonds is 4. The van der Waals surface area contributed by atoms with Crippen LogP contribution in [-0.2, 0) is 4.79 Å². The molecule has 3 nitrogen and oxygen atoms in total.